The highest BCUT2D eigenvalue weighted by Gasteiger charge is 2.08. The summed E-state index contributed by atoms with van der Waals surface area (Å²) in [6.07, 6.45) is 3.94. The second-order valence-corrected chi connectivity index (χ2v) is 6.14. The van der Waals surface area contributed by atoms with Crippen LogP contribution in [0.4, 0.5) is 0 Å². The van der Waals surface area contributed by atoms with Crippen molar-refractivity contribution in [1.29, 1.82) is 0 Å². The van der Waals surface area contributed by atoms with Crippen molar-refractivity contribution in [2.75, 3.05) is 19.8 Å². The number of hydrogen-bond acceptors (Lipinski definition) is 3. The van der Waals surface area contributed by atoms with Crippen LogP contribution >= 0.6 is 0 Å². The third kappa shape index (κ3) is 9.27. The van der Waals surface area contributed by atoms with Crippen LogP contribution in [0.3, 0.4) is 0 Å². The highest BCUT2D eigenvalue weighted by atomic mass is 16.5. The third-order valence-electron chi connectivity index (χ3n) is 2.91. The van der Waals surface area contributed by atoms with E-state index in [9.17, 15) is 0 Å². The molecule has 0 saturated carbocycles. The minimum atomic E-state index is 0.121. The van der Waals surface area contributed by atoms with Gasteiger partial charge in [-0.2, -0.15) is 0 Å². The van der Waals surface area contributed by atoms with Crippen LogP contribution in [0.5, 0.6) is 5.75 Å². The van der Waals surface area contributed by atoms with E-state index >= 15 is 0 Å². The molecule has 0 fully saturated rings. The Kier molecular flexibility index (Phi) is 8.09. The Balaban J connectivity index is 2.24. The second-order valence-electron chi connectivity index (χ2n) is 6.14. The zero-order valence-electron chi connectivity index (χ0n) is 13.7. The van der Waals surface area contributed by atoms with Crippen LogP contribution in [0.1, 0.15) is 39.2 Å². The summed E-state index contributed by atoms with van der Waals surface area (Å²) in [7, 11) is 0. The van der Waals surface area contributed by atoms with Crippen LogP contribution in [0.25, 0.3) is 0 Å². The molecular formula is C18H29NO2. The molecule has 21 heavy (non-hydrogen) atoms. The Morgan fingerprint density at radius 1 is 1.19 bits per heavy atom. The molecule has 0 atom stereocenters. The summed E-state index contributed by atoms with van der Waals surface area (Å²) in [5.74, 6) is 0.901. The third-order valence-corrected chi connectivity index (χ3v) is 2.91. The molecule has 0 bridgehead atoms. The standard InChI is InChI=1S/C18H29NO2/c1-5-6-7-11-20-12-13-21-17-10-8-9-16(14-17)15-19-18(2,3)4/h5,8-10,14,19H,1,6-7,11-13,15H2,2-4H3. The van der Waals surface area contributed by atoms with Gasteiger partial charge in [0.05, 0.1) is 6.61 Å². The van der Waals surface area contributed by atoms with Crippen LogP contribution in [0, 0.1) is 0 Å². The SMILES string of the molecule is C=CCCCOCCOc1cccc(CNC(C)(C)C)c1. The first-order valence-corrected chi connectivity index (χ1v) is 7.67. The zero-order valence-corrected chi connectivity index (χ0v) is 13.7. The molecule has 0 aliphatic rings. The number of ether oxygens (including phenoxy) is 2. The molecule has 118 valence electrons. The van der Waals surface area contributed by atoms with Gasteiger partial charge in [-0.1, -0.05) is 18.2 Å². The fourth-order valence-corrected chi connectivity index (χ4v) is 1.76. The number of allylic oxidation sites excluding steroid dienone is 1. The van der Waals surface area contributed by atoms with E-state index in [1.807, 2.05) is 18.2 Å². The summed E-state index contributed by atoms with van der Waals surface area (Å²) in [6, 6.07) is 8.20. The maximum atomic E-state index is 5.71. The molecule has 1 rings (SSSR count). The Labute approximate surface area is 129 Å². The second kappa shape index (κ2) is 9.59. The lowest BCUT2D eigenvalue weighted by Gasteiger charge is -2.20. The molecule has 3 heteroatoms. The molecule has 3 nitrogen and oxygen atoms in total. The minimum Gasteiger partial charge on any atom is -0.491 e. The first-order chi connectivity index (χ1) is 10.0. The van der Waals surface area contributed by atoms with E-state index in [1.54, 1.807) is 0 Å². The maximum absolute atomic E-state index is 5.71. The van der Waals surface area contributed by atoms with Gasteiger partial charge in [0, 0.05) is 18.7 Å². The van der Waals surface area contributed by atoms with Crippen LogP contribution in [-0.2, 0) is 11.3 Å². The van der Waals surface area contributed by atoms with Gasteiger partial charge in [-0.05, 0) is 51.3 Å². The predicted molar refractivity (Wildman–Crippen MR) is 88.8 cm³/mol. The van der Waals surface area contributed by atoms with Gasteiger partial charge in [-0.15, -0.1) is 6.58 Å². The molecule has 0 aliphatic heterocycles. The first kappa shape index (κ1) is 17.7. The van der Waals surface area contributed by atoms with Gasteiger partial charge in [-0.25, -0.2) is 0 Å². The molecule has 0 aromatic heterocycles. The summed E-state index contributed by atoms with van der Waals surface area (Å²) in [5.41, 5.74) is 1.35. The van der Waals surface area contributed by atoms with Crippen LogP contribution < -0.4 is 10.1 Å². The van der Waals surface area contributed by atoms with E-state index in [-0.39, 0.29) is 5.54 Å². The number of nitrogens with one attached hydrogen (secondary N) is 1. The van der Waals surface area contributed by atoms with Gasteiger partial charge in [-0.3, -0.25) is 0 Å². The molecule has 1 aromatic rings. The van der Waals surface area contributed by atoms with Gasteiger partial charge >= 0.3 is 0 Å². The summed E-state index contributed by atoms with van der Waals surface area (Å²) < 4.78 is 11.2. The van der Waals surface area contributed by atoms with E-state index in [4.69, 9.17) is 9.47 Å². The first-order valence-electron chi connectivity index (χ1n) is 7.67. The van der Waals surface area contributed by atoms with Crippen molar-refractivity contribution in [3.05, 3.63) is 42.5 Å². The summed E-state index contributed by atoms with van der Waals surface area (Å²) in [6.45, 7) is 13.0. The molecule has 1 N–H and O–H groups in total. The Bertz CT molecular complexity index is 410. The average Bonchev–Trinajstić information content (AvgIpc) is 2.44. The lowest BCUT2D eigenvalue weighted by atomic mass is 10.1. The number of hydrogen-bond donors (Lipinski definition) is 1. The monoisotopic (exact) mass is 291 g/mol. The highest BCUT2D eigenvalue weighted by Crippen LogP contribution is 2.14. The van der Waals surface area contributed by atoms with E-state index in [0.717, 1.165) is 31.7 Å². The van der Waals surface area contributed by atoms with Crippen molar-refractivity contribution in [3.8, 4) is 5.75 Å². The summed E-state index contributed by atoms with van der Waals surface area (Å²) >= 11 is 0. The number of benzene rings is 1. The smallest absolute Gasteiger partial charge is 0.119 e. The molecule has 0 heterocycles. The largest absolute Gasteiger partial charge is 0.491 e. The van der Waals surface area contributed by atoms with E-state index < -0.39 is 0 Å². The molecule has 0 saturated heterocycles. The van der Waals surface area contributed by atoms with Crippen LogP contribution in [0.2, 0.25) is 0 Å². The van der Waals surface area contributed by atoms with E-state index in [1.165, 1.54) is 5.56 Å². The van der Waals surface area contributed by atoms with Crippen LogP contribution in [-0.4, -0.2) is 25.4 Å². The summed E-state index contributed by atoms with van der Waals surface area (Å²) in [4.78, 5) is 0. The van der Waals surface area contributed by atoms with Crippen molar-refractivity contribution >= 4 is 0 Å². The normalized spacial score (nSPS) is 11.4. The number of unbranched alkanes of at least 4 members (excludes halogenated alkanes) is 1. The van der Waals surface area contributed by atoms with Gasteiger partial charge in [0.25, 0.3) is 0 Å². The lowest BCUT2D eigenvalue weighted by Crippen LogP contribution is -2.35. The van der Waals surface area contributed by atoms with Crippen LogP contribution in [0.15, 0.2) is 36.9 Å². The highest BCUT2D eigenvalue weighted by molar-refractivity contribution is 5.28. The Hall–Kier alpha value is -1.32. The molecule has 0 aliphatic carbocycles. The molecule has 0 spiro atoms. The lowest BCUT2D eigenvalue weighted by molar-refractivity contribution is 0.0988. The van der Waals surface area contributed by atoms with Crippen molar-refractivity contribution in [3.63, 3.8) is 0 Å². The van der Waals surface area contributed by atoms with Crippen molar-refractivity contribution in [2.45, 2.75) is 45.7 Å². The maximum Gasteiger partial charge on any atom is 0.119 e. The molecule has 0 unspecified atom stereocenters. The number of rotatable bonds is 10. The molecule has 1 aromatic carbocycles. The van der Waals surface area contributed by atoms with Gasteiger partial charge < -0.3 is 14.8 Å². The zero-order chi connectivity index (χ0) is 15.6. The average molecular weight is 291 g/mol. The minimum absolute atomic E-state index is 0.121. The molecule has 0 radical (unpaired) electrons. The van der Waals surface area contributed by atoms with Crippen molar-refractivity contribution in [1.82, 2.24) is 5.32 Å². The predicted octanol–water partition coefficient (Wildman–Crippen LogP) is 3.94. The quantitative estimate of drug-likeness (QED) is 0.523. The van der Waals surface area contributed by atoms with E-state index in [0.29, 0.717) is 13.2 Å². The van der Waals surface area contributed by atoms with Gasteiger partial charge in [0.1, 0.15) is 12.4 Å². The van der Waals surface area contributed by atoms with Gasteiger partial charge in [0.15, 0.2) is 0 Å². The topological polar surface area (TPSA) is 30.5 Å². The fourth-order valence-electron chi connectivity index (χ4n) is 1.76. The molecule has 0 amide bonds. The molecular weight excluding hydrogens is 262 g/mol. The summed E-state index contributed by atoms with van der Waals surface area (Å²) in [5, 5.41) is 3.47. The van der Waals surface area contributed by atoms with Crippen molar-refractivity contribution < 1.29 is 9.47 Å². The fraction of sp³-hybridized carbons (Fsp3) is 0.556. The van der Waals surface area contributed by atoms with E-state index in [2.05, 4.69) is 44.8 Å². The Morgan fingerprint density at radius 3 is 2.71 bits per heavy atom. The Morgan fingerprint density at radius 2 is 2.00 bits per heavy atom. The van der Waals surface area contributed by atoms with Crippen molar-refractivity contribution in [2.24, 2.45) is 0 Å². The van der Waals surface area contributed by atoms with Gasteiger partial charge in [0.2, 0.25) is 0 Å².